The van der Waals surface area contributed by atoms with Crippen molar-refractivity contribution in [2.75, 3.05) is 0 Å². The van der Waals surface area contributed by atoms with Crippen LogP contribution in [0.3, 0.4) is 0 Å². The van der Waals surface area contributed by atoms with E-state index >= 15 is 0 Å². The van der Waals surface area contributed by atoms with E-state index in [2.05, 4.69) is 39.5 Å². The van der Waals surface area contributed by atoms with Crippen LogP contribution in [-0.4, -0.2) is 12.2 Å². The van der Waals surface area contributed by atoms with Crippen LogP contribution in [0.15, 0.2) is 75.9 Å². The Bertz CT molecular complexity index is 255. The molecule has 0 bridgehead atoms. The molecule has 0 aliphatic heterocycles. The highest BCUT2D eigenvalue weighted by atomic mass is 16.5. The molecule has 0 N–H and O–H groups in total. The van der Waals surface area contributed by atoms with Crippen molar-refractivity contribution < 1.29 is 4.74 Å². The Kier molecular flexibility index (Phi) is 7.74. The zero-order valence-electron chi connectivity index (χ0n) is 10.4. The number of ether oxygens (including phenoxy) is 1. The van der Waals surface area contributed by atoms with Gasteiger partial charge in [0.1, 0.15) is 0 Å². The molecule has 1 nitrogen and oxygen atoms in total. The Labute approximate surface area is 105 Å². The second-order valence-electron chi connectivity index (χ2n) is 3.63. The predicted octanol–water partition coefficient (Wildman–Crippen LogP) is 4.09. The molecule has 0 rings (SSSR count). The van der Waals surface area contributed by atoms with Crippen molar-refractivity contribution in [2.24, 2.45) is 11.8 Å². The molecule has 0 aromatic carbocycles. The van der Waals surface area contributed by atoms with Crippen LogP contribution in [0.4, 0.5) is 0 Å². The van der Waals surface area contributed by atoms with Gasteiger partial charge in [-0.2, -0.15) is 0 Å². The van der Waals surface area contributed by atoms with Crippen molar-refractivity contribution in [3.8, 4) is 0 Å². The SMILES string of the molecule is C=CC(C=C)C(C=C)OC(C=C)C(C=C)C=C. The highest BCUT2D eigenvalue weighted by molar-refractivity contribution is 5.07. The maximum absolute atomic E-state index is 5.92. The van der Waals surface area contributed by atoms with E-state index in [0.717, 1.165) is 0 Å². The fraction of sp³-hybridized carbons (Fsp3) is 0.250. The van der Waals surface area contributed by atoms with Gasteiger partial charge in [-0.25, -0.2) is 0 Å². The zero-order valence-corrected chi connectivity index (χ0v) is 10.4. The lowest BCUT2D eigenvalue weighted by atomic mass is 9.99. The second kappa shape index (κ2) is 8.54. The van der Waals surface area contributed by atoms with Gasteiger partial charge in [0, 0.05) is 11.8 Å². The van der Waals surface area contributed by atoms with Crippen LogP contribution in [0.1, 0.15) is 0 Å². The van der Waals surface area contributed by atoms with Gasteiger partial charge in [0.15, 0.2) is 0 Å². The molecule has 0 heterocycles. The minimum Gasteiger partial charge on any atom is -0.365 e. The Hall–Kier alpha value is -1.60. The lowest BCUT2D eigenvalue weighted by Crippen LogP contribution is -2.28. The van der Waals surface area contributed by atoms with Gasteiger partial charge in [-0.05, 0) is 0 Å². The third kappa shape index (κ3) is 4.41. The Morgan fingerprint density at radius 2 is 0.824 bits per heavy atom. The number of hydrogen-bond acceptors (Lipinski definition) is 1. The van der Waals surface area contributed by atoms with Gasteiger partial charge in [0.25, 0.3) is 0 Å². The molecule has 2 unspecified atom stereocenters. The molecule has 2 atom stereocenters. The van der Waals surface area contributed by atoms with Crippen LogP contribution in [0, 0.1) is 11.8 Å². The van der Waals surface area contributed by atoms with Crippen molar-refractivity contribution in [2.45, 2.75) is 12.2 Å². The molecular weight excluding hydrogens is 208 g/mol. The fourth-order valence-electron chi connectivity index (χ4n) is 1.52. The van der Waals surface area contributed by atoms with E-state index in [9.17, 15) is 0 Å². The van der Waals surface area contributed by atoms with E-state index in [1.165, 1.54) is 0 Å². The topological polar surface area (TPSA) is 9.23 Å². The minimum absolute atomic E-state index is 0.0326. The lowest BCUT2D eigenvalue weighted by Gasteiger charge is -2.26. The highest BCUT2D eigenvalue weighted by Crippen LogP contribution is 2.19. The summed E-state index contributed by atoms with van der Waals surface area (Å²) >= 11 is 0. The van der Waals surface area contributed by atoms with Crippen molar-refractivity contribution in [1.82, 2.24) is 0 Å². The van der Waals surface area contributed by atoms with Gasteiger partial charge < -0.3 is 4.74 Å². The van der Waals surface area contributed by atoms with E-state index in [4.69, 9.17) is 4.74 Å². The average Bonchev–Trinajstić information content (AvgIpc) is 2.37. The van der Waals surface area contributed by atoms with Crippen LogP contribution >= 0.6 is 0 Å². The molecule has 0 spiro atoms. The summed E-state index contributed by atoms with van der Waals surface area (Å²) in [7, 11) is 0. The first-order valence-electron chi connectivity index (χ1n) is 5.59. The van der Waals surface area contributed by atoms with Crippen molar-refractivity contribution in [3.63, 3.8) is 0 Å². The third-order valence-electron chi connectivity index (χ3n) is 2.63. The van der Waals surface area contributed by atoms with E-state index in [-0.39, 0.29) is 24.0 Å². The number of hydrogen-bond donors (Lipinski definition) is 0. The van der Waals surface area contributed by atoms with E-state index in [1.54, 1.807) is 36.5 Å². The summed E-state index contributed by atoms with van der Waals surface area (Å²) in [5.41, 5.74) is 0. The highest BCUT2D eigenvalue weighted by Gasteiger charge is 2.20. The average molecular weight is 230 g/mol. The Morgan fingerprint density at radius 1 is 0.529 bits per heavy atom. The predicted molar refractivity (Wildman–Crippen MR) is 76.8 cm³/mol. The van der Waals surface area contributed by atoms with Crippen LogP contribution in [0.25, 0.3) is 0 Å². The van der Waals surface area contributed by atoms with Gasteiger partial charge in [-0.15, -0.1) is 39.5 Å². The minimum atomic E-state index is -0.171. The Morgan fingerprint density at radius 3 is 1.00 bits per heavy atom. The van der Waals surface area contributed by atoms with E-state index in [0.29, 0.717) is 0 Å². The third-order valence-corrected chi connectivity index (χ3v) is 2.63. The first-order valence-corrected chi connectivity index (χ1v) is 5.59. The molecule has 0 aromatic rings. The van der Waals surface area contributed by atoms with Crippen molar-refractivity contribution >= 4 is 0 Å². The standard InChI is InChI=1S/C16H22O/c1-7-13(8-2)15(11-5)17-16(12-6)14(9-3)10-4/h7-16H,1-6H2. The summed E-state index contributed by atoms with van der Waals surface area (Å²) in [4.78, 5) is 0. The first kappa shape index (κ1) is 15.4. The monoisotopic (exact) mass is 230 g/mol. The molecule has 0 aliphatic carbocycles. The smallest absolute Gasteiger partial charge is 0.0858 e. The summed E-state index contributed by atoms with van der Waals surface area (Å²) in [6, 6.07) is 0. The summed E-state index contributed by atoms with van der Waals surface area (Å²) in [6.45, 7) is 22.6. The quantitative estimate of drug-likeness (QED) is 0.514. The van der Waals surface area contributed by atoms with Gasteiger partial charge in [0.05, 0.1) is 12.2 Å². The molecule has 0 fully saturated rings. The molecule has 0 saturated heterocycles. The lowest BCUT2D eigenvalue weighted by molar-refractivity contribution is 0.0159. The zero-order chi connectivity index (χ0) is 13.3. The molecular formula is C16H22O. The molecule has 1 heteroatoms. The van der Waals surface area contributed by atoms with Gasteiger partial charge >= 0.3 is 0 Å². The van der Waals surface area contributed by atoms with Gasteiger partial charge in [-0.3, -0.25) is 0 Å². The molecule has 0 aromatic heterocycles. The maximum Gasteiger partial charge on any atom is 0.0858 e. The molecule has 92 valence electrons. The van der Waals surface area contributed by atoms with Crippen molar-refractivity contribution in [1.29, 1.82) is 0 Å². The second-order valence-corrected chi connectivity index (χ2v) is 3.63. The van der Waals surface area contributed by atoms with Gasteiger partial charge in [0.2, 0.25) is 0 Å². The van der Waals surface area contributed by atoms with E-state index < -0.39 is 0 Å². The first-order chi connectivity index (χ1) is 8.18. The van der Waals surface area contributed by atoms with Crippen LogP contribution in [-0.2, 0) is 4.74 Å². The fourth-order valence-corrected chi connectivity index (χ4v) is 1.52. The molecule has 0 radical (unpaired) electrons. The largest absolute Gasteiger partial charge is 0.365 e. The summed E-state index contributed by atoms with van der Waals surface area (Å²) < 4.78 is 5.92. The van der Waals surface area contributed by atoms with Crippen LogP contribution < -0.4 is 0 Å². The van der Waals surface area contributed by atoms with E-state index in [1.807, 2.05) is 0 Å². The normalized spacial score (nSPS) is 13.8. The molecule has 0 amide bonds. The van der Waals surface area contributed by atoms with Crippen LogP contribution in [0.2, 0.25) is 0 Å². The molecule has 0 saturated carbocycles. The van der Waals surface area contributed by atoms with Crippen molar-refractivity contribution in [3.05, 3.63) is 75.9 Å². The molecule has 17 heavy (non-hydrogen) atoms. The Balaban J connectivity index is 4.82. The summed E-state index contributed by atoms with van der Waals surface area (Å²) in [5.74, 6) is 0.0652. The number of rotatable bonds is 10. The molecule has 0 aliphatic rings. The summed E-state index contributed by atoms with van der Waals surface area (Å²) in [5, 5.41) is 0. The maximum atomic E-state index is 5.92. The van der Waals surface area contributed by atoms with Gasteiger partial charge in [-0.1, -0.05) is 36.5 Å². The summed E-state index contributed by atoms with van der Waals surface area (Å²) in [6.07, 6.45) is 10.3. The van der Waals surface area contributed by atoms with Crippen LogP contribution in [0.5, 0.6) is 0 Å².